The number of aromatic nitrogens is 1. The van der Waals surface area contributed by atoms with Crippen LogP contribution in [0.5, 0.6) is 5.75 Å². The molecule has 0 unspecified atom stereocenters. The number of hydrogen-bond donors (Lipinski definition) is 2. The smallest absolute Gasteiger partial charge is 0.275 e. The van der Waals surface area contributed by atoms with Crippen LogP contribution >= 0.6 is 11.3 Å². The Morgan fingerprint density at radius 1 is 1.33 bits per heavy atom. The highest BCUT2D eigenvalue weighted by atomic mass is 32.1. The average molecular weight is 468 g/mol. The molecule has 0 saturated carbocycles. The van der Waals surface area contributed by atoms with Crippen LogP contribution in [0.25, 0.3) is 0 Å². The van der Waals surface area contributed by atoms with E-state index in [9.17, 15) is 9.59 Å². The molecule has 3 rings (SSSR count). The minimum atomic E-state index is -0.355. The van der Waals surface area contributed by atoms with E-state index in [-0.39, 0.29) is 17.5 Å². The largest absolute Gasteiger partial charge is 0.497 e. The zero-order chi connectivity index (χ0) is 23.8. The molecule has 2 heterocycles. The summed E-state index contributed by atoms with van der Waals surface area (Å²) in [4.78, 5) is 33.8. The molecule has 1 aliphatic rings. The van der Waals surface area contributed by atoms with Crippen LogP contribution in [0.1, 0.15) is 27.8 Å². The summed E-state index contributed by atoms with van der Waals surface area (Å²) in [7, 11) is 3.18. The molecule has 2 N–H and O–H groups in total. The lowest BCUT2D eigenvalue weighted by atomic mass is 10.2. The molecule has 2 aromatic rings. The number of methoxy groups -OCH3 is 1. The summed E-state index contributed by atoms with van der Waals surface area (Å²) in [5.74, 6) is 0.00125. The van der Waals surface area contributed by atoms with Crippen molar-refractivity contribution >= 4 is 28.3 Å². The predicted molar refractivity (Wildman–Crippen MR) is 132 cm³/mol. The number of anilines is 1. The van der Waals surface area contributed by atoms with E-state index in [4.69, 9.17) is 4.74 Å². The standard InChI is InChI=1S/C24H29N5O3S/c1-5-8-21(29-13-11-25-12-14-29)19(6-2)26-22(30)20-16-33-24(27-20)28(3)23(31)17-9-7-10-18(15-17)32-4/h5-10,15-16,25H,2,11-14H2,1,3-4H3,(H,26,30)/b8-5-,21-19-. The Hall–Kier alpha value is -3.43. The Morgan fingerprint density at radius 3 is 2.76 bits per heavy atom. The number of piperazine rings is 1. The molecule has 0 radical (unpaired) electrons. The summed E-state index contributed by atoms with van der Waals surface area (Å²) in [6, 6.07) is 6.91. The van der Waals surface area contributed by atoms with Gasteiger partial charge in [-0.05, 0) is 37.3 Å². The van der Waals surface area contributed by atoms with Crippen molar-refractivity contribution in [1.29, 1.82) is 0 Å². The molecule has 1 saturated heterocycles. The highest BCUT2D eigenvalue weighted by molar-refractivity contribution is 7.14. The highest BCUT2D eigenvalue weighted by Gasteiger charge is 2.21. The number of nitrogens with one attached hydrogen (secondary N) is 2. The lowest BCUT2D eigenvalue weighted by molar-refractivity contribution is 0.0957. The maximum absolute atomic E-state index is 12.9. The van der Waals surface area contributed by atoms with Crippen LogP contribution in [-0.4, -0.2) is 62.0 Å². The van der Waals surface area contributed by atoms with Crippen molar-refractivity contribution in [2.24, 2.45) is 0 Å². The van der Waals surface area contributed by atoms with Crippen LogP contribution in [0.3, 0.4) is 0 Å². The first kappa shape index (κ1) is 24.2. The minimum absolute atomic E-state index is 0.236. The molecule has 0 spiro atoms. The summed E-state index contributed by atoms with van der Waals surface area (Å²) >= 11 is 1.23. The van der Waals surface area contributed by atoms with Crippen LogP contribution in [0.4, 0.5) is 5.13 Å². The average Bonchev–Trinajstić information content (AvgIpc) is 3.36. The third-order valence-corrected chi connectivity index (χ3v) is 6.06. The maximum Gasteiger partial charge on any atom is 0.275 e. The SMILES string of the molecule is C=C/C(NC(=O)c1csc(N(C)C(=O)c2cccc(OC)c2)n1)=C(\C=C/C)N1CCNCC1. The van der Waals surface area contributed by atoms with Crippen molar-refractivity contribution in [2.45, 2.75) is 6.92 Å². The quantitative estimate of drug-likeness (QED) is 0.581. The van der Waals surface area contributed by atoms with E-state index in [2.05, 4.69) is 27.1 Å². The van der Waals surface area contributed by atoms with Gasteiger partial charge in [0.25, 0.3) is 11.8 Å². The van der Waals surface area contributed by atoms with Crippen LogP contribution in [-0.2, 0) is 0 Å². The monoisotopic (exact) mass is 467 g/mol. The van der Waals surface area contributed by atoms with E-state index in [1.807, 2.05) is 19.1 Å². The molecule has 0 bridgehead atoms. The molecule has 174 valence electrons. The summed E-state index contributed by atoms with van der Waals surface area (Å²) in [6.45, 7) is 9.25. The van der Waals surface area contributed by atoms with E-state index >= 15 is 0 Å². The topological polar surface area (TPSA) is 86.8 Å². The zero-order valence-electron chi connectivity index (χ0n) is 19.1. The summed E-state index contributed by atoms with van der Waals surface area (Å²) in [6.07, 6.45) is 5.55. The molecule has 1 aromatic heterocycles. The maximum atomic E-state index is 12.9. The van der Waals surface area contributed by atoms with Gasteiger partial charge in [0.2, 0.25) is 0 Å². The number of carbonyl (C=O) groups is 2. The Labute approximate surface area is 198 Å². The second-order valence-corrected chi connectivity index (χ2v) is 8.14. The van der Waals surface area contributed by atoms with Gasteiger partial charge in [-0.1, -0.05) is 18.7 Å². The van der Waals surface area contributed by atoms with E-state index in [1.54, 1.807) is 49.9 Å². The van der Waals surface area contributed by atoms with Crippen LogP contribution in [0.2, 0.25) is 0 Å². The van der Waals surface area contributed by atoms with Crippen molar-refractivity contribution in [3.05, 3.63) is 77.1 Å². The van der Waals surface area contributed by atoms with Gasteiger partial charge in [0.05, 0.1) is 18.5 Å². The zero-order valence-corrected chi connectivity index (χ0v) is 19.9. The summed E-state index contributed by atoms with van der Waals surface area (Å²) in [5.41, 5.74) is 2.24. The fourth-order valence-electron chi connectivity index (χ4n) is 3.39. The fraction of sp³-hybridized carbons (Fsp3) is 0.292. The molecule has 0 atom stereocenters. The molecule has 33 heavy (non-hydrogen) atoms. The van der Waals surface area contributed by atoms with E-state index in [0.29, 0.717) is 22.1 Å². The van der Waals surface area contributed by atoms with Gasteiger partial charge in [-0.2, -0.15) is 0 Å². The summed E-state index contributed by atoms with van der Waals surface area (Å²) in [5, 5.41) is 8.32. The number of thiazole rings is 1. The molecule has 1 fully saturated rings. The first-order valence-corrected chi connectivity index (χ1v) is 11.5. The Kier molecular flexibility index (Phi) is 8.39. The van der Waals surface area contributed by atoms with Crippen molar-refractivity contribution in [3.8, 4) is 5.75 Å². The number of nitrogens with zero attached hydrogens (tertiary/aromatic N) is 3. The highest BCUT2D eigenvalue weighted by Crippen LogP contribution is 2.23. The van der Waals surface area contributed by atoms with Crippen molar-refractivity contribution in [2.75, 3.05) is 45.2 Å². The molecular formula is C24H29N5O3S. The molecule has 1 aliphatic heterocycles. The lowest BCUT2D eigenvalue weighted by Crippen LogP contribution is -2.43. The molecule has 1 aromatic carbocycles. The van der Waals surface area contributed by atoms with E-state index < -0.39 is 0 Å². The molecule has 0 aliphatic carbocycles. The van der Waals surface area contributed by atoms with Gasteiger partial charge in [-0.3, -0.25) is 14.5 Å². The van der Waals surface area contributed by atoms with E-state index in [1.165, 1.54) is 16.2 Å². The Bertz CT molecular complexity index is 1070. The number of allylic oxidation sites excluding steroid dienone is 3. The van der Waals surface area contributed by atoms with Gasteiger partial charge in [0.15, 0.2) is 5.13 Å². The number of hydrogen-bond acceptors (Lipinski definition) is 7. The first-order valence-electron chi connectivity index (χ1n) is 10.6. The molecule has 2 amide bonds. The number of ether oxygens (including phenoxy) is 1. The molecule has 9 heteroatoms. The third-order valence-electron chi connectivity index (χ3n) is 5.14. The third kappa shape index (κ3) is 5.88. The van der Waals surface area contributed by atoms with Crippen LogP contribution in [0.15, 0.2) is 65.8 Å². The molecular weight excluding hydrogens is 438 g/mol. The number of amides is 2. The van der Waals surface area contributed by atoms with Crippen molar-refractivity contribution in [1.82, 2.24) is 20.5 Å². The number of benzene rings is 1. The van der Waals surface area contributed by atoms with Crippen LogP contribution < -0.4 is 20.3 Å². The van der Waals surface area contributed by atoms with Gasteiger partial charge in [0.1, 0.15) is 11.4 Å². The first-order chi connectivity index (χ1) is 16.0. The Balaban J connectivity index is 1.77. The fourth-order valence-corrected chi connectivity index (χ4v) is 4.16. The minimum Gasteiger partial charge on any atom is -0.497 e. The van der Waals surface area contributed by atoms with Crippen molar-refractivity contribution in [3.63, 3.8) is 0 Å². The van der Waals surface area contributed by atoms with Gasteiger partial charge < -0.3 is 20.3 Å². The van der Waals surface area contributed by atoms with Gasteiger partial charge >= 0.3 is 0 Å². The van der Waals surface area contributed by atoms with Crippen LogP contribution in [0, 0.1) is 0 Å². The second-order valence-electron chi connectivity index (χ2n) is 7.31. The Morgan fingerprint density at radius 2 is 2.09 bits per heavy atom. The molecule has 8 nitrogen and oxygen atoms in total. The van der Waals surface area contributed by atoms with Gasteiger partial charge in [-0.15, -0.1) is 11.3 Å². The second kappa shape index (κ2) is 11.4. The normalized spacial score (nSPS) is 14.6. The number of carbonyl (C=O) groups excluding carboxylic acids is 2. The van der Waals surface area contributed by atoms with Gasteiger partial charge in [-0.25, -0.2) is 4.98 Å². The summed E-state index contributed by atoms with van der Waals surface area (Å²) < 4.78 is 5.19. The van der Waals surface area contributed by atoms with Gasteiger partial charge in [0, 0.05) is 44.2 Å². The predicted octanol–water partition coefficient (Wildman–Crippen LogP) is 3.04. The lowest BCUT2D eigenvalue weighted by Gasteiger charge is -2.31. The van der Waals surface area contributed by atoms with E-state index in [0.717, 1.165) is 31.9 Å². The van der Waals surface area contributed by atoms with Crippen molar-refractivity contribution < 1.29 is 14.3 Å². The number of rotatable bonds is 8.